The van der Waals surface area contributed by atoms with Gasteiger partial charge in [0.1, 0.15) is 0 Å². The molecule has 1 aromatic rings. The number of rotatable bonds is 2. The number of hydrogen-bond acceptors (Lipinski definition) is 5. The fourth-order valence-electron chi connectivity index (χ4n) is 1.67. The molecule has 1 unspecified atom stereocenters. The van der Waals surface area contributed by atoms with Gasteiger partial charge < -0.3 is 15.2 Å². The smallest absolute Gasteiger partial charge is 0.292 e. The fourth-order valence-corrected chi connectivity index (χ4v) is 1.67. The molecular formula is C9H14N4O2. The number of carbonyl (C=O) groups is 1. The van der Waals surface area contributed by atoms with Crippen LogP contribution in [0, 0.1) is 0 Å². The molecule has 1 atom stereocenters. The standard InChI is InChI=1S/C9H14N4O2/c1-9(3-4-11-5-9)8-12-6(13-15-8)7(14)10-2/h11H,3-5H2,1-2H3,(H,10,14). The molecule has 1 amide bonds. The van der Waals surface area contributed by atoms with Crippen LogP contribution in [0.15, 0.2) is 4.52 Å². The van der Waals surface area contributed by atoms with Crippen LogP contribution >= 0.6 is 0 Å². The first kappa shape index (κ1) is 10.1. The maximum Gasteiger partial charge on any atom is 0.292 e. The molecule has 0 radical (unpaired) electrons. The Morgan fingerprint density at radius 3 is 3.07 bits per heavy atom. The lowest BCUT2D eigenvalue weighted by molar-refractivity contribution is 0.0950. The summed E-state index contributed by atoms with van der Waals surface area (Å²) in [5.74, 6) is 0.311. The van der Waals surface area contributed by atoms with Crippen LogP contribution in [0.2, 0.25) is 0 Å². The lowest BCUT2D eigenvalue weighted by Crippen LogP contribution is -2.26. The normalized spacial score (nSPS) is 25.5. The van der Waals surface area contributed by atoms with Crippen molar-refractivity contribution in [1.29, 1.82) is 0 Å². The van der Waals surface area contributed by atoms with Crippen molar-refractivity contribution >= 4 is 5.91 Å². The molecule has 2 rings (SSSR count). The molecular weight excluding hydrogens is 196 g/mol. The molecule has 1 aliphatic rings. The molecule has 1 fully saturated rings. The molecule has 2 N–H and O–H groups in total. The Labute approximate surface area is 87.4 Å². The Morgan fingerprint density at radius 2 is 2.47 bits per heavy atom. The predicted molar refractivity (Wildman–Crippen MR) is 52.5 cm³/mol. The second kappa shape index (κ2) is 3.62. The van der Waals surface area contributed by atoms with Crippen molar-refractivity contribution < 1.29 is 9.32 Å². The van der Waals surface area contributed by atoms with E-state index in [-0.39, 0.29) is 17.1 Å². The molecule has 0 bridgehead atoms. The minimum Gasteiger partial charge on any atom is -0.352 e. The maximum atomic E-state index is 11.2. The van der Waals surface area contributed by atoms with Crippen LogP contribution in [0.1, 0.15) is 29.9 Å². The summed E-state index contributed by atoms with van der Waals surface area (Å²) in [6.07, 6.45) is 0.947. The molecule has 6 nitrogen and oxygen atoms in total. The van der Waals surface area contributed by atoms with Crippen LogP contribution in [0.5, 0.6) is 0 Å². The van der Waals surface area contributed by atoms with Crippen molar-refractivity contribution in [3.05, 3.63) is 11.7 Å². The van der Waals surface area contributed by atoms with Gasteiger partial charge in [-0.05, 0) is 19.9 Å². The number of amides is 1. The highest BCUT2D eigenvalue weighted by Crippen LogP contribution is 2.28. The molecule has 0 aliphatic carbocycles. The summed E-state index contributed by atoms with van der Waals surface area (Å²) >= 11 is 0. The van der Waals surface area contributed by atoms with Crippen molar-refractivity contribution in [3.8, 4) is 0 Å². The van der Waals surface area contributed by atoms with Crippen LogP contribution in [0.4, 0.5) is 0 Å². The number of nitrogens with one attached hydrogen (secondary N) is 2. The van der Waals surface area contributed by atoms with E-state index in [0.29, 0.717) is 5.89 Å². The van der Waals surface area contributed by atoms with E-state index >= 15 is 0 Å². The first-order chi connectivity index (χ1) is 7.15. The third-order valence-corrected chi connectivity index (χ3v) is 2.74. The van der Waals surface area contributed by atoms with Crippen LogP contribution in [-0.2, 0) is 5.41 Å². The minimum atomic E-state index is -0.320. The van der Waals surface area contributed by atoms with Gasteiger partial charge in [0.05, 0.1) is 5.41 Å². The van der Waals surface area contributed by atoms with Crippen molar-refractivity contribution in [2.45, 2.75) is 18.8 Å². The fraction of sp³-hybridized carbons (Fsp3) is 0.667. The van der Waals surface area contributed by atoms with E-state index in [2.05, 4.69) is 20.8 Å². The SMILES string of the molecule is CNC(=O)c1noc(C2(C)CCNC2)n1. The zero-order chi connectivity index (χ0) is 10.9. The van der Waals surface area contributed by atoms with Crippen LogP contribution in [0.25, 0.3) is 0 Å². The summed E-state index contributed by atoms with van der Waals surface area (Å²) in [6.45, 7) is 3.80. The van der Waals surface area contributed by atoms with Crippen LogP contribution < -0.4 is 10.6 Å². The lowest BCUT2D eigenvalue weighted by atomic mass is 9.90. The molecule has 1 aromatic heterocycles. The first-order valence-corrected chi connectivity index (χ1v) is 4.93. The van der Waals surface area contributed by atoms with Gasteiger partial charge in [0, 0.05) is 13.6 Å². The zero-order valence-electron chi connectivity index (χ0n) is 8.83. The number of hydrogen-bond donors (Lipinski definition) is 2. The zero-order valence-corrected chi connectivity index (χ0v) is 8.83. The Kier molecular flexibility index (Phi) is 2.44. The molecule has 1 aliphatic heterocycles. The van der Waals surface area contributed by atoms with Gasteiger partial charge in [-0.25, -0.2) is 0 Å². The average molecular weight is 210 g/mol. The Balaban J connectivity index is 2.23. The lowest BCUT2D eigenvalue weighted by Gasteiger charge is -2.15. The second-order valence-electron chi connectivity index (χ2n) is 3.99. The molecule has 0 saturated carbocycles. The summed E-state index contributed by atoms with van der Waals surface area (Å²) in [5.41, 5.74) is -0.140. The van der Waals surface area contributed by atoms with Gasteiger partial charge in [-0.3, -0.25) is 4.79 Å². The average Bonchev–Trinajstić information content (AvgIpc) is 2.85. The highest BCUT2D eigenvalue weighted by atomic mass is 16.5. The summed E-state index contributed by atoms with van der Waals surface area (Å²) < 4.78 is 5.11. The van der Waals surface area contributed by atoms with Gasteiger partial charge >= 0.3 is 0 Å². The van der Waals surface area contributed by atoms with E-state index in [1.54, 1.807) is 0 Å². The third-order valence-electron chi connectivity index (χ3n) is 2.74. The number of aromatic nitrogens is 2. The minimum absolute atomic E-state index is 0.0978. The van der Waals surface area contributed by atoms with Gasteiger partial charge in [-0.15, -0.1) is 0 Å². The maximum absolute atomic E-state index is 11.2. The van der Waals surface area contributed by atoms with Gasteiger partial charge in [-0.2, -0.15) is 4.98 Å². The molecule has 1 saturated heterocycles. The Bertz CT molecular complexity index is 368. The quantitative estimate of drug-likeness (QED) is 0.699. The first-order valence-electron chi connectivity index (χ1n) is 4.93. The Hall–Kier alpha value is -1.43. The third kappa shape index (κ3) is 1.72. The van der Waals surface area contributed by atoms with E-state index in [9.17, 15) is 4.79 Å². The molecule has 6 heteroatoms. The van der Waals surface area contributed by atoms with E-state index in [1.807, 2.05) is 6.92 Å². The summed E-state index contributed by atoms with van der Waals surface area (Å²) in [7, 11) is 1.54. The topological polar surface area (TPSA) is 80.0 Å². The van der Waals surface area contributed by atoms with E-state index < -0.39 is 0 Å². The number of carbonyl (C=O) groups excluding carboxylic acids is 1. The van der Waals surface area contributed by atoms with Crippen molar-refractivity contribution in [2.75, 3.05) is 20.1 Å². The molecule has 2 heterocycles. The van der Waals surface area contributed by atoms with Gasteiger partial charge in [0.25, 0.3) is 11.7 Å². The predicted octanol–water partition coefficient (Wildman–Crippen LogP) is -0.320. The Morgan fingerprint density at radius 1 is 1.67 bits per heavy atom. The monoisotopic (exact) mass is 210 g/mol. The summed E-state index contributed by atoms with van der Waals surface area (Å²) in [4.78, 5) is 15.3. The van der Waals surface area contributed by atoms with Crippen LogP contribution in [0.3, 0.4) is 0 Å². The summed E-state index contributed by atoms with van der Waals surface area (Å²) in [6, 6.07) is 0. The summed E-state index contributed by atoms with van der Waals surface area (Å²) in [5, 5.41) is 9.34. The molecule has 15 heavy (non-hydrogen) atoms. The van der Waals surface area contributed by atoms with Crippen molar-refractivity contribution in [3.63, 3.8) is 0 Å². The van der Waals surface area contributed by atoms with Gasteiger partial charge in [0.15, 0.2) is 0 Å². The molecule has 82 valence electrons. The van der Waals surface area contributed by atoms with Crippen LogP contribution in [-0.4, -0.2) is 36.2 Å². The van der Waals surface area contributed by atoms with Crippen molar-refractivity contribution in [1.82, 2.24) is 20.8 Å². The van der Waals surface area contributed by atoms with E-state index in [0.717, 1.165) is 19.5 Å². The van der Waals surface area contributed by atoms with Crippen molar-refractivity contribution in [2.24, 2.45) is 0 Å². The van der Waals surface area contributed by atoms with Gasteiger partial charge in [-0.1, -0.05) is 5.16 Å². The second-order valence-corrected chi connectivity index (χ2v) is 3.99. The highest BCUT2D eigenvalue weighted by Gasteiger charge is 2.36. The molecule has 0 aromatic carbocycles. The van der Waals surface area contributed by atoms with E-state index in [1.165, 1.54) is 7.05 Å². The highest BCUT2D eigenvalue weighted by molar-refractivity contribution is 5.89. The molecule has 0 spiro atoms. The number of nitrogens with zero attached hydrogens (tertiary/aromatic N) is 2. The van der Waals surface area contributed by atoms with E-state index in [4.69, 9.17) is 4.52 Å². The van der Waals surface area contributed by atoms with Gasteiger partial charge in [0.2, 0.25) is 5.89 Å². The largest absolute Gasteiger partial charge is 0.352 e.